The Bertz CT molecular complexity index is 1060. The number of nitrogens with zero attached hydrogens (tertiary/aromatic N) is 1. The average Bonchev–Trinajstić information content (AvgIpc) is 3.14. The second-order valence-corrected chi connectivity index (χ2v) is 17.2. The van der Waals surface area contributed by atoms with Crippen molar-refractivity contribution in [2.24, 2.45) is 0 Å². The van der Waals surface area contributed by atoms with Crippen molar-refractivity contribution in [3.63, 3.8) is 0 Å². The van der Waals surface area contributed by atoms with Crippen LogP contribution in [0.4, 0.5) is 0 Å². The number of likely N-dealkylation sites (N-methyl/N-ethyl adjacent to an activating group) is 1. The van der Waals surface area contributed by atoms with E-state index in [0.717, 1.165) is 57.8 Å². The maximum atomic E-state index is 12.5. The number of esters is 1. The van der Waals surface area contributed by atoms with Crippen LogP contribution in [0, 0.1) is 0 Å². The molecule has 0 saturated heterocycles. The van der Waals surface area contributed by atoms with Gasteiger partial charge in [-0.1, -0.05) is 152 Å². The van der Waals surface area contributed by atoms with Gasteiger partial charge in [-0.3, -0.25) is 9.36 Å². The predicted molar refractivity (Wildman–Crippen MR) is 231 cm³/mol. The molecule has 0 saturated carbocycles. The molecule has 0 aromatic rings. The van der Waals surface area contributed by atoms with Crippen molar-refractivity contribution < 1.29 is 37.3 Å². The third-order valence-corrected chi connectivity index (χ3v) is 10.1. The summed E-state index contributed by atoms with van der Waals surface area (Å²) in [5.41, 5.74) is 0. The topological polar surface area (TPSA) is 94.1 Å². The largest absolute Gasteiger partial charge is 0.756 e. The minimum atomic E-state index is -4.52. The quantitative estimate of drug-likeness (QED) is 0.0152. The van der Waals surface area contributed by atoms with E-state index in [1.807, 2.05) is 27.2 Å². The molecule has 0 N–H and O–H groups in total. The first-order chi connectivity index (χ1) is 26.6. The van der Waals surface area contributed by atoms with E-state index in [4.69, 9.17) is 18.5 Å². The normalized spacial score (nSPS) is 14.3. The number of ether oxygens (including phenoxy) is 2. The van der Waals surface area contributed by atoms with E-state index in [1.54, 1.807) is 6.26 Å². The second kappa shape index (κ2) is 38.9. The molecule has 0 heterocycles. The highest BCUT2D eigenvalue weighted by Crippen LogP contribution is 2.38. The van der Waals surface area contributed by atoms with Gasteiger partial charge in [0.15, 0.2) is 6.10 Å². The molecule has 8 nitrogen and oxygen atoms in total. The number of allylic oxidation sites excluding steroid dienone is 9. The number of hydrogen-bond acceptors (Lipinski definition) is 7. The lowest BCUT2D eigenvalue weighted by atomic mass is 10.0. The summed E-state index contributed by atoms with van der Waals surface area (Å²) in [6.45, 7) is 4.64. The molecule has 0 aromatic heterocycles. The van der Waals surface area contributed by atoms with Crippen molar-refractivity contribution in [2.45, 2.75) is 180 Å². The molecule has 0 amide bonds. The Hall–Kier alpha value is -1.96. The van der Waals surface area contributed by atoms with Crippen molar-refractivity contribution >= 4 is 13.8 Å². The van der Waals surface area contributed by atoms with Crippen molar-refractivity contribution in [3.8, 4) is 0 Å². The number of rotatable bonds is 40. The summed E-state index contributed by atoms with van der Waals surface area (Å²) in [5.74, 6) is -0.323. The molecule has 9 heteroatoms. The summed E-state index contributed by atoms with van der Waals surface area (Å²) in [5, 5.41) is 0. The van der Waals surface area contributed by atoms with E-state index in [9.17, 15) is 14.3 Å². The van der Waals surface area contributed by atoms with Crippen LogP contribution in [0.2, 0.25) is 0 Å². The zero-order chi connectivity index (χ0) is 40.6. The molecule has 0 aliphatic rings. The third-order valence-electron chi connectivity index (χ3n) is 9.16. The first-order valence-corrected chi connectivity index (χ1v) is 23.5. The van der Waals surface area contributed by atoms with E-state index >= 15 is 0 Å². The van der Waals surface area contributed by atoms with Crippen molar-refractivity contribution in [2.75, 3.05) is 47.5 Å². The number of unbranched alkanes of at least 4 members (excludes halogenated alkanes) is 18. The fraction of sp³-hybridized carbons (Fsp3) is 0.761. The number of phosphoric ester groups is 1. The van der Waals surface area contributed by atoms with Gasteiger partial charge in [0.2, 0.25) is 0 Å². The summed E-state index contributed by atoms with van der Waals surface area (Å²) in [7, 11) is 1.34. The van der Waals surface area contributed by atoms with Crippen LogP contribution in [0.5, 0.6) is 0 Å². The van der Waals surface area contributed by atoms with Gasteiger partial charge in [-0.05, 0) is 70.3 Å². The minimum absolute atomic E-state index is 0.0200. The van der Waals surface area contributed by atoms with E-state index in [0.29, 0.717) is 17.4 Å². The van der Waals surface area contributed by atoms with Crippen LogP contribution in [-0.4, -0.2) is 64.1 Å². The lowest BCUT2D eigenvalue weighted by Gasteiger charge is -2.28. The van der Waals surface area contributed by atoms with Crippen molar-refractivity contribution in [3.05, 3.63) is 60.9 Å². The lowest BCUT2D eigenvalue weighted by Crippen LogP contribution is -2.37. The Morgan fingerprint density at radius 1 is 0.582 bits per heavy atom. The van der Waals surface area contributed by atoms with Gasteiger partial charge in [-0.15, -0.1) is 0 Å². The third kappa shape index (κ3) is 43.0. The van der Waals surface area contributed by atoms with Gasteiger partial charge in [0.05, 0.1) is 34.0 Å². The van der Waals surface area contributed by atoms with Crippen molar-refractivity contribution in [1.82, 2.24) is 0 Å². The fourth-order valence-electron chi connectivity index (χ4n) is 5.63. The Morgan fingerprint density at radius 2 is 1.02 bits per heavy atom. The molecule has 0 aliphatic heterocycles. The zero-order valence-corrected chi connectivity index (χ0v) is 37.0. The number of carbonyl (C=O) groups excluding carboxylic acids is 1. The SMILES string of the molecule is CCCCC/C=C\C/C=C\C/C=C\C/C=C\CCCCCC(=O)OCC(COP(=O)([O-])OCC[N+](C)(C)C)O/C=C\CCCCCCCCCCCCCC. The van der Waals surface area contributed by atoms with Crippen LogP contribution in [0.3, 0.4) is 0 Å². The predicted octanol–water partition coefficient (Wildman–Crippen LogP) is 12.7. The number of hydrogen-bond donors (Lipinski definition) is 0. The van der Waals surface area contributed by atoms with Crippen LogP contribution in [-0.2, 0) is 27.9 Å². The van der Waals surface area contributed by atoms with Crippen LogP contribution in [0.1, 0.15) is 174 Å². The first kappa shape index (κ1) is 53.0. The Labute approximate surface area is 339 Å². The molecule has 0 fully saturated rings. The Balaban J connectivity index is 4.34. The zero-order valence-electron chi connectivity index (χ0n) is 36.1. The molecule has 55 heavy (non-hydrogen) atoms. The molecule has 0 rings (SSSR count). The number of carbonyl (C=O) groups is 1. The highest BCUT2D eigenvalue weighted by molar-refractivity contribution is 7.45. The first-order valence-electron chi connectivity index (χ1n) is 22.1. The second-order valence-electron chi connectivity index (χ2n) is 15.8. The molecule has 2 atom stereocenters. The number of phosphoric acid groups is 1. The summed E-state index contributed by atoms with van der Waals surface area (Å²) in [6, 6.07) is 0. The van der Waals surface area contributed by atoms with Gasteiger partial charge < -0.3 is 27.9 Å². The van der Waals surface area contributed by atoms with Crippen LogP contribution < -0.4 is 4.89 Å². The standard InChI is InChI=1S/C46H84NO7P/c1-6-8-10-12-14-16-18-20-22-23-24-25-26-27-29-31-33-35-37-39-46(48)52-43-45(44-54-55(49,50)53-42-40-47(3,4)5)51-41-38-36-34-32-30-28-21-19-17-15-13-11-9-7-2/h14,16,20,22,24-25,27,29,38,41,45H,6-13,15,17-19,21,23,26,28,30-37,39-40,42-44H2,1-5H3/b16-14-,22-20-,25-24-,29-27-,41-38-. The smallest absolute Gasteiger partial charge is 0.305 e. The molecule has 2 unspecified atom stereocenters. The summed E-state index contributed by atoms with van der Waals surface area (Å²) < 4.78 is 34.3. The van der Waals surface area contributed by atoms with Gasteiger partial charge in [0, 0.05) is 6.42 Å². The summed E-state index contributed by atoms with van der Waals surface area (Å²) in [4.78, 5) is 24.8. The van der Waals surface area contributed by atoms with Gasteiger partial charge >= 0.3 is 5.97 Å². The Morgan fingerprint density at radius 3 is 1.55 bits per heavy atom. The average molecular weight is 794 g/mol. The summed E-state index contributed by atoms with van der Waals surface area (Å²) in [6.07, 6.45) is 49.0. The van der Waals surface area contributed by atoms with Crippen molar-refractivity contribution in [1.29, 1.82) is 0 Å². The van der Waals surface area contributed by atoms with Crippen LogP contribution in [0.25, 0.3) is 0 Å². The highest BCUT2D eigenvalue weighted by atomic mass is 31.2. The summed E-state index contributed by atoms with van der Waals surface area (Å²) >= 11 is 0. The molecule has 0 spiro atoms. The molecular formula is C46H84NO7P. The minimum Gasteiger partial charge on any atom is -0.756 e. The van der Waals surface area contributed by atoms with E-state index in [1.165, 1.54) is 96.3 Å². The maximum absolute atomic E-state index is 12.5. The van der Waals surface area contributed by atoms with Gasteiger partial charge in [0.1, 0.15) is 19.8 Å². The number of quaternary nitrogens is 1. The molecule has 0 aliphatic carbocycles. The van der Waals surface area contributed by atoms with Gasteiger partial charge in [0.25, 0.3) is 7.82 Å². The van der Waals surface area contributed by atoms with Gasteiger partial charge in [-0.25, -0.2) is 0 Å². The van der Waals surface area contributed by atoms with Crippen LogP contribution in [0.15, 0.2) is 60.9 Å². The molecular weight excluding hydrogens is 709 g/mol. The molecule has 0 aromatic carbocycles. The fourth-order valence-corrected chi connectivity index (χ4v) is 6.36. The molecule has 0 radical (unpaired) electrons. The van der Waals surface area contributed by atoms with E-state index < -0.39 is 13.9 Å². The molecule has 320 valence electrons. The maximum Gasteiger partial charge on any atom is 0.305 e. The monoisotopic (exact) mass is 794 g/mol. The Kier molecular flexibility index (Phi) is 37.5. The van der Waals surface area contributed by atoms with Gasteiger partial charge in [-0.2, -0.15) is 0 Å². The highest BCUT2D eigenvalue weighted by Gasteiger charge is 2.19. The van der Waals surface area contributed by atoms with E-state index in [-0.39, 0.29) is 25.8 Å². The van der Waals surface area contributed by atoms with E-state index in [2.05, 4.69) is 62.5 Å². The molecule has 0 bridgehead atoms. The van der Waals surface area contributed by atoms with Crippen LogP contribution >= 0.6 is 7.82 Å². The lowest BCUT2D eigenvalue weighted by molar-refractivity contribution is -0.870.